The Balaban J connectivity index is 1.02. The molecule has 514 valence electrons. The summed E-state index contributed by atoms with van der Waals surface area (Å²) in [7, 11) is -4.63. The van der Waals surface area contributed by atoms with Gasteiger partial charge in [-0.3, -0.25) is 38.4 Å². The van der Waals surface area contributed by atoms with Gasteiger partial charge in [-0.1, -0.05) is 243 Å². The minimum atomic E-state index is -2.31. The summed E-state index contributed by atoms with van der Waals surface area (Å²) in [5.41, 5.74) is 3.74. The van der Waals surface area contributed by atoms with Gasteiger partial charge in [-0.25, -0.2) is 18.7 Å². The molecule has 0 spiro atoms. The lowest BCUT2D eigenvalue weighted by Crippen LogP contribution is -2.39. The van der Waals surface area contributed by atoms with Gasteiger partial charge in [0.1, 0.15) is 23.1 Å². The third kappa shape index (κ3) is 12.3. The molecule has 4 N–H and O–H groups in total. The van der Waals surface area contributed by atoms with Crippen LogP contribution in [0.1, 0.15) is 161 Å². The van der Waals surface area contributed by atoms with E-state index in [1.54, 1.807) is 121 Å². The highest BCUT2D eigenvalue weighted by Gasteiger charge is 2.52. The Morgan fingerprint density at radius 3 is 0.740 bits per heavy atom. The zero-order valence-corrected chi connectivity index (χ0v) is 59.1. The highest BCUT2D eigenvalue weighted by Crippen LogP contribution is 2.70. The molecule has 0 fully saturated rings. The van der Waals surface area contributed by atoms with Crippen molar-refractivity contribution in [3.05, 3.63) is 399 Å². The molecule has 0 saturated heterocycles. The fourth-order valence-corrected chi connectivity index (χ4v) is 21.9. The molecule has 2 aliphatic heterocycles. The van der Waals surface area contributed by atoms with Crippen LogP contribution in [0.3, 0.4) is 0 Å². The molecule has 16 nitrogen and oxygen atoms in total. The molecule has 0 saturated carbocycles. The molecule has 15 rings (SSSR count). The molecule has 18 heteroatoms. The van der Waals surface area contributed by atoms with Gasteiger partial charge >= 0.3 is 0 Å². The molecule has 2 aliphatic rings. The SMILES string of the molecule is C[C@H](NC(=O)c1ccccc1[C@@H]1n2c(=O)c3ccccc3c(=O)n2[C@@H](c2ccccc2[C@@H]2n3c(=O)c4ccccc4c(=O)n3[C@@H](c3ccccc3C(=O)N[C@@H](C)c3ccccc3)P2c2ccccc2C(=O)N[C@@H](C)c2ccccc2)P1c1ccccc1C(=O)N[C@@H](C)c1ccccc1)c1ccccc1. The number of nitrogens with zero attached hydrogens (tertiary/aromatic N) is 4. The van der Waals surface area contributed by atoms with Crippen LogP contribution < -0.4 is 54.1 Å². The van der Waals surface area contributed by atoms with Crippen LogP contribution in [0.5, 0.6) is 0 Å². The number of carbonyl (C=O) groups is 4. The van der Waals surface area contributed by atoms with Gasteiger partial charge in [-0.2, -0.15) is 0 Å². The molecule has 10 atom stereocenters. The number of rotatable bonds is 18. The Hall–Kier alpha value is -12.0. The molecular weight excluding hydrogens is 1330 g/mol. The second-order valence-corrected chi connectivity index (χ2v) is 30.8. The van der Waals surface area contributed by atoms with E-state index in [9.17, 15) is 0 Å². The lowest BCUT2D eigenvalue weighted by Gasteiger charge is -2.32. The molecule has 4 amide bonds. The van der Waals surface area contributed by atoms with Crippen molar-refractivity contribution in [2.24, 2.45) is 0 Å². The number of nitrogens with one attached hydrogen (secondary N) is 4. The topological polar surface area (TPSA) is 204 Å². The zero-order chi connectivity index (χ0) is 71.9. The summed E-state index contributed by atoms with van der Waals surface area (Å²) in [5, 5.41) is 14.4. The molecule has 0 radical (unpaired) electrons. The maximum absolute atomic E-state index is 16.6. The second kappa shape index (κ2) is 28.8. The Bertz CT molecular complexity index is 5400. The van der Waals surface area contributed by atoms with Crippen molar-refractivity contribution in [1.82, 2.24) is 40.0 Å². The van der Waals surface area contributed by atoms with Gasteiger partial charge in [0.05, 0.1) is 45.7 Å². The van der Waals surface area contributed by atoms with E-state index in [-0.39, 0.29) is 43.8 Å². The van der Waals surface area contributed by atoms with Crippen molar-refractivity contribution in [2.75, 3.05) is 0 Å². The maximum atomic E-state index is 16.6. The van der Waals surface area contributed by atoms with E-state index in [1.807, 2.05) is 198 Å². The lowest BCUT2D eigenvalue weighted by molar-refractivity contribution is 0.0930. The zero-order valence-electron chi connectivity index (χ0n) is 57.3. The highest BCUT2D eigenvalue weighted by atomic mass is 31.1. The van der Waals surface area contributed by atoms with E-state index >= 15 is 38.4 Å². The molecule has 11 aromatic carbocycles. The van der Waals surface area contributed by atoms with Crippen LogP contribution in [0, 0.1) is 0 Å². The van der Waals surface area contributed by atoms with Gasteiger partial charge < -0.3 is 21.3 Å². The van der Waals surface area contributed by atoms with E-state index in [4.69, 9.17) is 0 Å². The first-order valence-electron chi connectivity index (χ1n) is 34.6. The van der Waals surface area contributed by atoms with Crippen molar-refractivity contribution in [3.63, 3.8) is 0 Å². The first kappa shape index (κ1) is 67.8. The minimum absolute atomic E-state index is 0.112. The summed E-state index contributed by atoms with van der Waals surface area (Å²) in [4.78, 5) is 128. The highest BCUT2D eigenvalue weighted by molar-refractivity contribution is 7.67. The van der Waals surface area contributed by atoms with Crippen LogP contribution >= 0.6 is 15.8 Å². The summed E-state index contributed by atoms with van der Waals surface area (Å²) < 4.78 is 5.94. The number of amides is 4. The predicted molar refractivity (Wildman–Crippen MR) is 412 cm³/mol. The standard InChI is InChI=1S/C86H72N8O8P2/c1-53(57-31-9-5-10-32-57)87-75(95)61-39-17-23-45-67(61)83-91-79(99)63-41-19-21-43-65(63)81(101)93(91)85(103(83)73-51-29-27-49-71(73)77(97)89-55(3)59-35-13-7-14-36-59)69-47-25-26-48-70(69)86-94-82(102)66-44-22-20-42-64(66)80(100)92(94)84(68-46-24-18-40-62(68)76(96)88-54(2)58-33-11-6-12-34-58)104(86)74-52-30-28-50-72(74)78(98)90-56(4)60-37-15-8-16-38-60/h5-56,83-86H,1-4H3,(H,87,95)(H,88,96)(H,89,97)(H,90,98)/t53-,54-,55-,56-,83+,84+,85+,86+,103?,104?/m0/s1. The molecule has 2 aromatic heterocycles. The lowest BCUT2D eigenvalue weighted by atomic mass is 10.0. The Morgan fingerprint density at radius 2 is 0.462 bits per heavy atom. The Morgan fingerprint density at radius 1 is 0.260 bits per heavy atom. The van der Waals surface area contributed by atoms with E-state index in [0.29, 0.717) is 32.9 Å². The van der Waals surface area contributed by atoms with Crippen molar-refractivity contribution < 1.29 is 19.2 Å². The number of benzene rings is 11. The van der Waals surface area contributed by atoms with Crippen molar-refractivity contribution in [2.45, 2.75) is 75.0 Å². The number of aromatic nitrogens is 4. The average Bonchev–Trinajstić information content (AvgIpc) is 1.54. The van der Waals surface area contributed by atoms with E-state index in [1.165, 1.54) is 18.7 Å². The molecule has 2 unspecified atom stereocenters. The van der Waals surface area contributed by atoms with Gasteiger partial charge in [0.15, 0.2) is 0 Å². The van der Waals surface area contributed by atoms with Gasteiger partial charge in [0, 0.05) is 22.3 Å². The van der Waals surface area contributed by atoms with Crippen LogP contribution in [-0.4, -0.2) is 42.4 Å². The molecule has 104 heavy (non-hydrogen) atoms. The molecule has 13 aromatic rings. The largest absolute Gasteiger partial charge is 0.346 e. The van der Waals surface area contributed by atoms with Crippen LogP contribution in [0.15, 0.2) is 310 Å². The fourth-order valence-electron chi connectivity index (χ4n) is 14.9. The number of hydrogen-bond donors (Lipinski definition) is 4. The predicted octanol–water partition coefficient (Wildman–Crippen LogP) is 14.4. The first-order valence-corrected chi connectivity index (χ1v) is 37.6. The van der Waals surface area contributed by atoms with Gasteiger partial charge in [-0.05, 0) is 147 Å². The van der Waals surface area contributed by atoms with Crippen molar-refractivity contribution in [1.29, 1.82) is 0 Å². The third-order valence-corrected chi connectivity index (χ3v) is 26.0. The molecule has 4 heterocycles. The first-order chi connectivity index (χ1) is 50.7. The Labute approximate surface area is 601 Å². The second-order valence-electron chi connectivity index (χ2n) is 26.3. The van der Waals surface area contributed by atoms with Crippen molar-refractivity contribution in [3.8, 4) is 0 Å². The number of fused-ring (bicyclic) bond motifs is 4. The summed E-state index contributed by atoms with van der Waals surface area (Å²) in [6, 6.07) is 85.4. The summed E-state index contributed by atoms with van der Waals surface area (Å²) in [6.45, 7) is 7.57. The van der Waals surface area contributed by atoms with Crippen LogP contribution in [0.4, 0.5) is 0 Å². The number of carbonyl (C=O) groups excluding carboxylic acids is 4. The molecule has 0 aliphatic carbocycles. The summed E-state index contributed by atoms with van der Waals surface area (Å²) in [6.07, 6.45) is 0. The third-order valence-electron chi connectivity index (χ3n) is 20.0. The Kier molecular flexibility index (Phi) is 18.8. The van der Waals surface area contributed by atoms with Gasteiger partial charge in [-0.15, -0.1) is 0 Å². The smallest absolute Gasteiger partial charge is 0.274 e. The average molecular weight is 1410 g/mol. The minimum Gasteiger partial charge on any atom is -0.346 e. The monoisotopic (exact) mass is 1410 g/mol. The van der Waals surface area contributed by atoms with Gasteiger partial charge in [0.2, 0.25) is 0 Å². The van der Waals surface area contributed by atoms with E-state index in [2.05, 4.69) is 21.3 Å². The normalized spacial score (nSPS) is 17.8. The molecule has 0 bridgehead atoms. The van der Waals surface area contributed by atoms with Gasteiger partial charge in [0.25, 0.3) is 45.9 Å². The van der Waals surface area contributed by atoms with Crippen LogP contribution in [0.25, 0.3) is 21.5 Å². The fraction of sp³-hybridized carbons (Fsp3) is 0.140. The summed E-state index contributed by atoms with van der Waals surface area (Å²) in [5.74, 6) is -6.68. The molecular formula is C86H72N8O8P2. The van der Waals surface area contributed by atoms with Crippen molar-refractivity contribution >= 4 is 71.6 Å². The van der Waals surface area contributed by atoms with Crippen LogP contribution in [-0.2, 0) is 0 Å². The van der Waals surface area contributed by atoms with E-state index < -0.39 is 109 Å². The number of hydrogen-bond acceptors (Lipinski definition) is 8. The van der Waals surface area contributed by atoms with Crippen LogP contribution in [0.2, 0.25) is 0 Å². The maximum Gasteiger partial charge on any atom is 0.274 e. The van der Waals surface area contributed by atoms with E-state index in [0.717, 1.165) is 22.3 Å². The summed E-state index contributed by atoms with van der Waals surface area (Å²) >= 11 is 0. The quantitative estimate of drug-likeness (QED) is 0.0607.